The van der Waals surface area contributed by atoms with Gasteiger partial charge in [0.1, 0.15) is 0 Å². The highest BCUT2D eigenvalue weighted by Crippen LogP contribution is 2.14. The Bertz CT molecular complexity index is 190. The molecule has 13 heavy (non-hydrogen) atoms. The van der Waals surface area contributed by atoms with Gasteiger partial charge in [0.05, 0.1) is 5.41 Å². The van der Waals surface area contributed by atoms with Crippen LogP contribution in [-0.2, 0) is 19.1 Å². The zero-order valence-electron chi connectivity index (χ0n) is 8.55. The van der Waals surface area contributed by atoms with Crippen LogP contribution in [0.3, 0.4) is 0 Å². The highest BCUT2D eigenvalue weighted by atomic mass is 16.7. The van der Waals surface area contributed by atoms with Crippen LogP contribution < -0.4 is 0 Å². The molecule has 0 saturated heterocycles. The summed E-state index contributed by atoms with van der Waals surface area (Å²) in [5, 5.41) is 0. The molecule has 0 spiro atoms. The van der Waals surface area contributed by atoms with Crippen molar-refractivity contribution in [2.75, 3.05) is 6.79 Å². The predicted molar refractivity (Wildman–Crippen MR) is 46.8 cm³/mol. The Morgan fingerprint density at radius 1 is 1.15 bits per heavy atom. The van der Waals surface area contributed by atoms with E-state index >= 15 is 0 Å². The molecule has 0 rings (SSSR count). The number of hydrogen-bond donors (Lipinski definition) is 0. The Labute approximate surface area is 78.2 Å². The third kappa shape index (κ3) is 5.22. The predicted octanol–water partition coefficient (Wildman–Crippen LogP) is 1.49. The van der Waals surface area contributed by atoms with Gasteiger partial charge in [-0.2, -0.15) is 0 Å². The number of carbonyl (C=O) groups is 2. The Hall–Kier alpha value is -1.06. The fourth-order valence-electron chi connectivity index (χ4n) is 0.467. The van der Waals surface area contributed by atoms with Crippen molar-refractivity contribution in [2.24, 2.45) is 5.41 Å². The molecule has 0 heterocycles. The Balaban J connectivity index is 3.67. The van der Waals surface area contributed by atoms with Gasteiger partial charge in [-0.3, -0.25) is 9.59 Å². The second-order valence-electron chi connectivity index (χ2n) is 3.67. The minimum atomic E-state index is -0.557. The van der Waals surface area contributed by atoms with Crippen molar-refractivity contribution in [1.82, 2.24) is 0 Å². The summed E-state index contributed by atoms with van der Waals surface area (Å²) in [6.45, 7) is 6.58. The van der Waals surface area contributed by atoms with E-state index in [2.05, 4.69) is 4.74 Å². The minimum Gasteiger partial charge on any atom is -0.428 e. The number of rotatable bonds is 3. The van der Waals surface area contributed by atoms with E-state index in [0.717, 1.165) is 0 Å². The molecule has 0 radical (unpaired) electrons. The first-order valence-electron chi connectivity index (χ1n) is 4.20. The van der Waals surface area contributed by atoms with Crippen LogP contribution in [0.25, 0.3) is 0 Å². The summed E-state index contributed by atoms with van der Waals surface area (Å²) in [5.41, 5.74) is -0.557. The molecule has 76 valence electrons. The molecule has 4 heteroatoms. The van der Waals surface area contributed by atoms with Crippen molar-refractivity contribution in [1.29, 1.82) is 0 Å². The molecule has 0 aromatic carbocycles. The summed E-state index contributed by atoms with van der Waals surface area (Å²) in [4.78, 5) is 21.8. The first kappa shape index (κ1) is 11.9. The van der Waals surface area contributed by atoms with Gasteiger partial charge in [-0.1, -0.05) is 6.92 Å². The van der Waals surface area contributed by atoms with Gasteiger partial charge in [-0.15, -0.1) is 0 Å². The molecule has 0 aliphatic heterocycles. The highest BCUT2D eigenvalue weighted by molar-refractivity contribution is 5.75. The standard InChI is InChI=1S/C9H16O4/c1-5-7(10)12-6-13-8(11)9(2,3)4/h5-6H2,1-4H3. The van der Waals surface area contributed by atoms with Crippen LogP contribution in [0.5, 0.6) is 0 Å². The van der Waals surface area contributed by atoms with E-state index in [-0.39, 0.29) is 25.2 Å². The van der Waals surface area contributed by atoms with E-state index in [0.29, 0.717) is 0 Å². The van der Waals surface area contributed by atoms with Crippen LogP contribution in [0.15, 0.2) is 0 Å². The first-order chi connectivity index (χ1) is 5.88. The van der Waals surface area contributed by atoms with Crippen LogP contribution in [0.4, 0.5) is 0 Å². The summed E-state index contributed by atoms with van der Waals surface area (Å²) in [6.07, 6.45) is 0.285. The molecule has 0 saturated carbocycles. The molecule has 0 aromatic rings. The number of carbonyl (C=O) groups excluding carboxylic acids is 2. The van der Waals surface area contributed by atoms with Gasteiger partial charge in [-0.05, 0) is 20.8 Å². The summed E-state index contributed by atoms with van der Waals surface area (Å²) in [6, 6.07) is 0. The van der Waals surface area contributed by atoms with Gasteiger partial charge in [0.15, 0.2) is 0 Å². The molecule has 0 atom stereocenters. The lowest BCUT2D eigenvalue weighted by Crippen LogP contribution is -2.24. The summed E-state index contributed by atoms with van der Waals surface area (Å²) < 4.78 is 9.27. The maximum Gasteiger partial charge on any atom is 0.314 e. The van der Waals surface area contributed by atoms with Crippen molar-refractivity contribution in [3.63, 3.8) is 0 Å². The first-order valence-corrected chi connectivity index (χ1v) is 4.20. The van der Waals surface area contributed by atoms with E-state index in [4.69, 9.17) is 4.74 Å². The Kier molecular flexibility index (Phi) is 4.45. The van der Waals surface area contributed by atoms with Crippen LogP contribution in [0.2, 0.25) is 0 Å². The van der Waals surface area contributed by atoms with Crippen molar-refractivity contribution >= 4 is 11.9 Å². The van der Waals surface area contributed by atoms with E-state index in [1.165, 1.54) is 0 Å². The molecule has 0 unspecified atom stereocenters. The maximum atomic E-state index is 11.1. The smallest absolute Gasteiger partial charge is 0.314 e. The molecule has 0 aliphatic carbocycles. The SMILES string of the molecule is CCC(=O)OCOC(=O)C(C)(C)C. The highest BCUT2D eigenvalue weighted by Gasteiger charge is 2.23. The molecule has 0 aliphatic rings. The van der Waals surface area contributed by atoms with Crippen LogP contribution >= 0.6 is 0 Å². The Morgan fingerprint density at radius 2 is 1.69 bits per heavy atom. The largest absolute Gasteiger partial charge is 0.428 e. The fourth-order valence-corrected chi connectivity index (χ4v) is 0.467. The molecule has 0 fully saturated rings. The summed E-state index contributed by atoms with van der Waals surface area (Å²) in [7, 11) is 0. The van der Waals surface area contributed by atoms with Gasteiger partial charge in [0.25, 0.3) is 0 Å². The number of esters is 2. The van der Waals surface area contributed by atoms with Crippen LogP contribution in [0, 0.1) is 5.41 Å². The second-order valence-corrected chi connectivity index (χ2v) is 3.67. The molecule has 4 nitrogen and oxygen atoms in total. The van der Waals surface area contributed by atoms with E-state index in [1.54, 1.807) is 27.7 Å². The minimum absolute atomic E-state index is 0.285. The second kappa shape index (κ2) is 4.84. The van der Waals surface area contributed by atoms with Crippen molar-refractivity contribution in [3.8, 4) is 0 Å². The van der Waals surface area contributed by atoms with Crippen molar-refractivity contribution < 1.29 is 19.1 Å². The van der Waals surface area contributed by atoms with Gasteiger partial charge in [-0.25, -0.2) is 0 Å². The number of hydrogen-bond acceptors (Lipinski definition) is 4. The average molecular weight is 188 g/mol. The normalized spacial score (nSPS) is 10.8. The van der Waals surface area contributed by atoms with Crippen molar-refractivity contribution in [3.05, 3.63) is 0 Å². The third-order valence-corrected chi connectivity index (χ3v) is 1.31. The zero-order valence-corrected chi connectivity index (χ0v) is 8.55. The quantitative estimate of drug-likeness (QED) is 0.497. The molecular weight excluding hydrogens is 172 g/mol. The summed E-state index contributed by atoms with van der Waals surface area (Å²) >= 11 is 0. The molecule has 0 N–H and O–H groups in total. The van der Waals surface area contributed by atoms with E-state index in [9.17, 15) is 9.59 Å². The van der Waals surface area contributed by atoms with Gasteiger partial charge in [0.2, 0.25) is 6.79 Å². The fraction of sp³-hybridized carbons (Fsp3) is 0.778. The van der Waals surface area contributed by atoms with Crippen molar-refractivity contribution in [2.45, 2.75) is 34.1 Å². The van der Waals surface area contributed by atoms with E-state index < -0.39 is 5.41 Å². The number of ether oxygens (including phenoxy) is 2. The topological polar surface area (TPSA) is 52.6 Å². The summed E-state index contributed by atoms with van der Waals surface area (Å²) in [5.74, 6) is -0.752. The average Bonchev–Trinajstić information content (AvgIpc) is 2.02. The van der Waals surface area contributed by atoms with Crippen LogP contribution in [0.1, 0.15) is 34.1 Å². The lowest BCUT2D eigenvalue weighted by Gasteiger charge is -2.15. The molecule has 0 amide bonds. The van der Waals surface area contributed by atoms with Gasteiger partial charge >= 0.3 is 11.9 Å². The molecule has 0 bridgehead atoms. The lowest BCUT2D eigenvalue weighted by molar-refractivity contribution is -0.172. The monoisotopic (exact) mass is 188 g/mol. The molecular formula is C9H16O4. The maximum absolute atomic E-state index is 11.1. The van der Waals surface area contributed by atoms with Gasteiger partial charge in [0, 0.05) is 6.42 Å². The van der Waals surface area contributed by atoms with Gasteiger partial charge < -0.3 is 9.47 Å². The lowest BCUT2D eigenvalue weighted by atomic mass is 9.98. The van der Waals surface area contributed by atoms with Crippen LogP contribution in [-0.4, -0.2) is 18.7 Å². The third-order valence-electron chi connectivity index (χ3n) is 1.31. The molecule has 0 aromatic heterocycles. The Morgan fingerprint density at radius 3 is 2.08 bits per heavy atom. The zero-order chi connectivity index (χ0) is 10.5. The van der Waals surface area contributed by atoms with E-state index in [1.807, 2.05) is 0 Å².